The van der Waals surface area contributed by atoms with Crippen LogP contribution in [-0.2, 0) is 10.0 Å². The summed E-state index contributed by atoms with van der Waals surface area (Å²) in [5.74, 6) is 0.295. The van der Waals surface area contributed by atoms with Gasteiger partial charge in [0.25, 0.3) is 10.0 Å². The number of pyridine rings is 1. The Morgan fingerprint density at radius 2 is 2.24 bits per heavy atom. The molecule has 2 aromatic rings. The smallest absolute Gasteiger partial charge is 0.265 e. The van der Waals surface area contributed by atoms with E-state index in [1.165, 1.54) is 24.7 Å². The molecule has 0 spiro atoms. The highest BCUT2D eigenvalue weighted by Crippen LogP contribution is 2.20. The van der Waals surface area contributed by atoms with Crippen LogP contribution in [0.4, 0.5) is 11.5 Å². The van der Waals surface area contributed by atoms with Gasteiger partial charge in [0.2, 0.25) is 0 Å². The predicted octanol–water partition coefficient (Wildman–Crippen LogP) is 0.647. The fourth-order valence-corrected chi connectivity index (χ4v) is 2.51. The summed E-state index contributed by atoms with van der Waals surface area (Å²) < 4.78 is 26.5. The van der Waals surface area contributed by atoms with E-state index in [0.717, 1.165) is 0 Å². The third-order valence-corrected chi connectivity index (χ3v) is 3.46. The van der Waals surface area contributed by atoms with Crippen molar-refractivity contribution in [3.05, 3.63) is 30.7 Å². The van der Waals surface area contributed by atoms with Gasteiger partial charge in [0.05, 0.1) is 11.9 Å². The number of rotatable bonds is 4. The monoisotopic (exact) mass is 253 g/mol. The van der Waals surface area contributed by atoms with Crippen LogP contribution >= 0.6 is 0 Å². The molecule has 0 saturated heterocycles. The van der Waals surface area contributed by atoms with Gasteiger partial charge >= 0.3 is 0 Å². The third-order valence-electron chi connectivity index (χ3n) is 2.05. The van der Waals surface area contributed by atoms with Crippen molar-refractivity contribution in [3.63, 3.8) is 0 Å². The highest BCUT2D eigenvalue weighted by Gasteiger charge is 2.19. The number of hydrogen-bond acceptors (Lipinski definition) is 5. The number of aromatic amines is 1. The van der Waals surface area contributed by atoms with Crippen LogP contribution in [0.2, 0.25) is 0 Å². The van der Waals surface area contributed by atoms with Crippen LogP contribution in [0.1, 0.15) is 0 Å². The van der Waals surface area contributed by atoms with E-state index in [4.69, 9.17) is 0 Å². The van der Waals surface area contributed by atoms with E-state index in [1.807, 2.05) is 0 Å². The van der Waals surface area contributed by atoms with Crippen molar-refractivity contribution >= 4 is 21.5 Å². The summed E-state index contributed by atoms with van der Waals surface area (Å²) in [7, 11) is -2.05. The van der Waals surface area contributed by atoms with Crippen LogP contribution in [0.5, 0.6) is 0 Å². The first-order valence-electron chi connectivity index (χ1n) is 4.78. The molecule has 90 valence electrons. The lowest BCUT2D eigenvalue weighted by Crippen LogP contribution is -2.15. The molecule has 0 aliphatic carbocycles. The first kappa shape index (κ1) is 11.4. The van der Waals surface area contributed by atoms with Crippen LogP contribution in [0.25, 0.3) is 0 Å². The van der Waals surface area contributed by atoms with E-state index in [9.17, 15) is 8.42 Å². The molecule has 2 rings (SSSR count). The van der Waals surface area contributed by atoms with Gasteiger partial charge in [0, 0.05) is 19.4 Å². The summed E-state index contributed by atoms with van der Waals surface area (Å²) >= 11 is 0. The standard InChI is InChI=1S/C9H11N5O2S/c1-10-9-8(3-2-4-11-9)17(15,16)14-7-5-12-13-6-7/h2-6,14H,1H3,(H,10,11)(H,12,13). The number of anilines is 2. The first-order valence-corrected chi connectivity index (χ1v) is 6.26. The molecule has 8 heteroatoms. The average Bonchev–Trinajstić information content (AvgIpc) is 2.81. The third kappa shape index (κ3) is 2.36. The minimum atomic E-state index is -3.66. The number of nitrogens with one attached hydrogen (secondary N) is 3. The zero-order valence-electron chi connectivity index (χ0n) is 9.01. The molecule has 0 saturated carbocycles. The van der Waals surface area contributed by atoms with Gasteiger partial charge in [-0.05, 0) is 12.1 Å². The quantitative estimate of drug-likeness (QED) is 0.742. The Morgan fingerprint density at radius 3 is 2.88 bits per heavy atom. The zero-order chi connectivity index (χ0) is 12.3. The maximum atomic E-state index is 12.0. The van der Waals surface area contributed by atoms with E-state index in [2.05, 4.69) is 25.2 Å². The molecule has 0 radical (unpaired) electrons. The Kier molecular flexibility index (Phi) is 2.96. The highest BCUT2D eigenvalue weighted by molar-refractivity contribution is 7.92. The molecule has 0 aromatic carbocycles. The van der Waals surface area contributed by atoms with Crippen molar-refractivity contribution in [1.82, 2.24) is 15.2 Å². The summed E-state index contributed by atoms with van der Waals surface area (Å²) in [6.45, 7) is 0. The van der Waals surface area contributed by atoms with Gasteiger partial charge in [0.15, 0.2) is 0 Å². The van der Waals surface area contributed by atoms with E-state index in [-0.39, 0.29) is 4.90 Å². The van der Waals surface area contributed by atoms with Crippen LogP contribution in [0, 0.1) is 0 Å². The lowest BCUT2D eigenvalue weighted by Gasteiger charge is -2.09. The summed E-state index contributed by atoms with van der Waals surface area (Å²) in [6, 6.07) is 3.03. The molecule has 2 aromatic heterocycles. The Labute approximate surface area is 98.3 Å². The minimum Gasteiger partial charge on any atom is -0.372 e. The molecule has 0 amide bonds. The molecule has 0 aliphatic rings. The van der Waals surface area contributed by atoms with Crippen molar-refractivity contribution in [2.45, 2.75) is 4.90 Å². The molecule has 7 nitrogen and oxygen atoms in total. The van der Waals surface area contributed by atoms with Gasteiger partial charge in [-0.1, -0.05) is 0 Å². The van der Waals surface area contributed by atoms with Crippen molar-refractivity contribution in [2.24, 2.45) is 0 Å². The molecule has 0 unspecified atom stereocenters. The van der Waals surface area contributed by atoms with Crippen LogP contribution in [-0.4, -0.2) is 30.6 Å². The molecule has 0 bridgehead atoms. The topological polar surface area (TPSA) is 99.8 Å². The summed E-state index contributed by atoms with van der Waals surface area (Å²) in [5.41, 5.74) is 0.371. The maximum absolute atomic E-state index is 12.0. The molecule has 0 aliphatic heterocycles. The van der Waals surface area contributed by atoms with Crippen molar-refractivity contribution < 1.29 is 8.42 Å². The van der Waals surface area contributed by atoms with Gasteiger partial charge in [-0.2, -0.15) is 5.10 Å². The Bertz CT molecular complexity index is 594. The maximum Gasteiger partial charge on any atom is 0.265 e. The van der Waals surface area contributed by atoms with Gasteiger partial charge in [-0.3, -0.25) is 9.82 Å². The molecule has 3 N–H and O–H groups in total. The lowest BCUT2D eigenvalue weighted by atomic mass is 10.5. The second-order valence-electron chi connectivity index (χ2n) is 3.19. The van der Waals surface area contributed by atoms with Crippen molar-refractivity contribution in [2.75, 3.05) is 17.1 Å². The zero-order valence-corrected chi connectivity index (χ0v) is 9.82. The largest absolute Gasteiger partial charge is 0.372 e. The number of nitrogens with zero attached hydrogens (tertiary/aromatic N) is 2. The van der Waals surface area contributed by atoms with Crippen molar-refractivity contribution in [3.8, 4) is 0 Å². The summed E-state index contributed by atoms with van der Waals surface area (Å²) in [6.07, 6.45) is 4.35. The molecular weight excluding hydrogens is 242 g/mol. The SMILES string of the molecule is CNc1ncccc1S(=O)(=O)Nc1cn[nH]c1. The van der Waals surface area contributed by atoms with Gasteiger partial charge in [-0.15, -0.1) is 0 Å². The summed E-state index contributed by atoms with van der Waals surface area (Å²) in [5, 5.41) is 8.91. The predicted molar refractivity (Wildman–Crippen MR) is 63.2 cm³/mol. The Morgan fingerprint density at radius 1 is 1.41 bits per heavy atom. The van der Waals surface area contributed by atoms with Crippen LogP contribution in [0.15, 0.2) is 35.6 Å². The van der Waals surface area contributed by atoms with Gasteiger partial charge in [-0.25, -0.2) is 13.4 Å². The normalized spacial score (nSPS) is 11.1. The average molecular weight is 253 g/mol. The van der Waals surface area contributed by atoms with E-state index >= 15 is 0 Å². The Balaban J connectivity index is 2.38. The Hall–Kier alpha value is -2.09. The number of H-pyrrole nitrogens is 1. The molecule has 0 fully saturated rings. The van der Waals surface area contributed by atoms with E-state index in [0.29, 0.717) is 11.5 Å². The fraction of sp³-hybridized carbons (Fsp3) is 0.111. The van der Waals surface area contributed by atoms with E-state index < -0.39 is 10.0 Å². The van der Waals surface area contributed by atoms with Crippen LogP contribution in [0.3, 0.4) is 0 Å². The van der Waals surface area contributed by atoms with Gasteiger partial charge < -0.3 is 5.32 Å². The highest BCUT2D eigenvalue weighted by atomic mass is 32.2. The number of sulfonamides is 1. The number of aromatic nitrogens is 3. The second kappa shape index (κ2) is 4.42. The second-order valence-corrected chi connectivity index (χ2v) is 4.84. The fourth-order valence-electron chi connectivity index (χ4n) is 1.31. The minimum absolute atomic E-state index is 0.0868. The number of hydrogen-bond donors (Lipinski definition) is 3. The molecule has 17 heavy (non-hydrogen) atoms. The summed E-state index contributed by atoms with van der Waals surface area (Å²) in [4.78, 5) is 4.03. The molecular formula is C9H11N5O2S. The molecule has 2 heterocycles. The van der Waals surface area contributed by atoms with Crippen molar-refractivity contribution in [1.29, 1.82) is 0 Å². The molecule has 0 atom stereocenters. The van der Waals surface area contributed by atoms with Gasteiger partial charge in [0.1, 0.15) is 10.7 Å². The van der Waals surface area contributed by atoms with Crippen LogP contribution < -0.4 is 10.0 Å². The van der Waals surface area contributed by atoms with E-state index in [1.54, 1.807) is 13.1 Å². The first-order chi connectivity index (χ1) is 8.13. The lowest BCUT2D eigenvalue weighted by molar-refractivity contribution is 0.601.